The van der Waals surface area contributed by atoms with Gasteiger partial charge in [0.2, 0.25) is 5.91 Å². The Labute approximate surface area is 129 Å². The molecule has 0 saturated heterocycles. The van der Waals surface area contributed by atoms with Gasteiger partial charge in [-0.1, -0.05) is 37.0 Å². The largest absolute Gasteiger partial charge is 0.312 e. The lowest BCUT2D eigenvalue weighted by Crippen LogP contribution is -2.31. The third-order valence-corrected chi connectivity index (χ3v) is 3.79. The van der Waals surface area contributed by atoms with Gasteiger partial charge in [0, 0.05) is 31.5 Å². The number of rotatable bonds is 7. The number of nitrogens with zero attached hydrogens (tertiary/aromatic N) is 1. The molecule has 0 aliphatic rings. The van der Waals surface area contributed by atoms with Crippen LogP contribution in [0.4, 0.5) is 5.69 Å². The van der Waals surface area contributed by atoms with Crippen molar-refractivity contribution < 1.29 is 9.59 Å². The van der Waals surface area contributed by atoms with Crippen LogP contribution in [0.3, 0.4) is 0 Å². The van der Waals surface area contributed by atoms with Crippen LogP contribution in [0.2, 0.25) is 10.0 Å². The summed E-state index contributed by atoms with van der Waals surface area (Å²) in [5.41, 5.74) is 0.718. The second kappa shape index (κ2) is 8.28. The number of Topliss-reactive ketones (excluding diaryl/α,β-unsaturated/α-hetero) is 1. The minimum absolute atomic E-state index is 0.00679. The maximum Gasteiger partial charge on any atom is 0.226 e. The molecule has 0 spiro atoms. The zero-order chi connectivity index (χ0) is 15.1. The van der Waals surface area contributed by atoms with E-state index in [0.717, 1.165) is 5.69 Å². The van der Waals surface area contributed by atoms with Crippen LogP contribution in [0, 0.1) is 0 Å². The van der Waals surface area contributed by atoms with E-state index in [1.165, 1.54) is 0 Å². The highest BCUT2D eigenvalue weighted by atomic mass is 35.5. The van der Waals surface area contributed by atoms with Crippen molar-refractivity contribution >= 4 is 40.6 Å². The summed E-state index contributed by atoms with van der Waals surface area (Å²) >= 11 is 11.9. The van der Waals surface area contributed by atoms with Gasteiger partial charge in [-0.25, -0.2) is 0 Å². The number of amides is 1. The van der Waals surface area contributed by atoms with Crippen LogP contribution in [0.15, 0.2) is 18.2 Å². The molecule has 1 aromatic carbocycles. The molecule has 110 valence electrons. The van der Waals surface area contributed by atoms with Gasteiger partial charge >= 0.3 is 0 Å². The summed E-state index contributed by atoms with van der Waals surface area (Å²) < 4.78 is 0. The summed E-state index contributed by atoms with van der Waals surface area (Å²) in [6.45, 7) is 4.16. The molecule has 0 heterocycles. The first-order chi connectivity index (χ1) is 9.49. The highest BCUT2D eigenvalue weighted by Crippen LogP contribution is 2.27. The molecule has 0 aliphatic carbocycles. The average Bonchev–Trinajstić information content (AvgIpc) is 2.45. The van der Waals surface area contributed by atoms with Crippen molar-refractivity contribution in [2.75, 3.05) is 11.4 Å². The number of carbonyl (C=O) groups excluding carboxylic acids is 2. The normalized spacial score (nSPS) is 10.4. The van der Waals surface area contributed by atoms with E-state index in [-0.39, 0.29) is 11.7 Å². The zero-order valence-electron chi connectivity index (χ0n) is 11.8. The summed E-state index contributed by atoms with van der Waals surface area (Å²) in [6.07, 6.45) is 2.08. The Morgan fingerprint density at radius 2 is 1.80 bits per heavy atom. The van der Waals surface area contributed by atoms with Crippen molar-refractivity contribution in [1.29, 1.82) is 0 Å². The number of halogens is 2. The Balaban J connectivity index is 2.81. The standard InChI is InChI=1S/C15H19Cl2NO2/c1-3-12(19)6-5-9-18(15(20)4-2)11-7-8-13(16)14(17)10-11/h7-8,10H,3-6,9H2,1-2H3. The predicted molar refractivity (Wildman–Crippen MR) is 83.6 cm³/mol. The van der Waals surface area contributed by atoms with Gasteiger partial charge in [0.1, 0.15) is 5.78 Å². The molecule has 1 rings (SSSR count). The van der Waals surface area contributed by atoms with E-state index in [1.807, 2.05) is 13.8 Å². The molecule has 0 fully saturated rings. The van der Waals surface area contributed by atoms with Gasteiger partial charge in [0.05, 0.1) is 10.0 Å². The van der Waals surface area contributed by atoms with Crippen molar-refractivity contribution in [2.45, 2.75) is 39.5 Å². The van der Waals surface area contributed by atoms with Crippen LogP contribution < -0.4 is 4.90 Å². The molecule has 0 aliphatic heterocycles. The molecule has 0 radical (unpaired) electrons. The Bertz CT molecular complexity index is 489. The maximum absolute atomic E-state index is 12.0. The van der Waals surface area contributed by atoms with Gasteiger partial charge in [-0.05, 0) is 24.6 Å². The van der Waals surface area contributed by atoms with E-state index in [4.69, 9.17) is 23.2 Å². The van der Waals surface area contributed by atoms with E-state index >= 15 is 0 Å². The fraction of sp³-hybridized carbons (Fsp3) is 0.467. The lowest BCUT2D eigenvalue weighted by molar-refractivity contribution is -0.120. The second-order valence-corrected chi connectivity index (χ2v) is 5.31. The number of anilines is 1. The van der Waals surface area contributed by atoms with Gasteiger partial charge in [-0.2, -0.15) is 0 Å². The van der Waals surface area contributed by atoms with E-state index in [1.54, 1.807) is 23.1 Å². The summed E-state index contributed by atoms with van der Waals surface area (Å²) in [4.78, 5) is 25.0. The fourth-order valence-electron chi connectivity index (χ4n) is 1.85. The zero-order valence-corrected chi connectivity index (χ0v) is 13.3. The van der Waals surface area contributed by atoms with Gasteiger partial charge in [-0.15, -0.1) is 0 Å². The van der Waals surface area contributed by atoms with E-state index in [0.29, 0.717) is 42.3 Å². The van der Waals surface area contributed by atoms with Gasteiger partial charge < -0.3 is 4.90 Å². The van der Waals surface area contributed by atoms with Gasteiger partial charge in [0.15, 0.2) is 0 Å². The Kier molecular flexibility index (Phi) is 7.03. The predicted octanol–water partition coefficient (Wildman–Crippen LogP) is 4.50. The quantitative estimate of drug-likeness (QED) is 0.743. The molecule has 0 bridgehead atoms. The van der Waals surface area contributed by atoms with Crippen LogP contribution in [0.1, 0.15) is 39.5 Å². The first-order valence-electron chi connectivity index (χ1n) is 6.76. The van der Waals surface area contributed by atoms with Crippen LogP contribution in [-0.4, -0.2) is 18.2 Å². The van der Waals surface area contributed by atoms with Crippen LogP contribution in [0.5, 0.6) is 0 Å². The summed E-state index contributed by atoms with van der Waals surface area (Å²) in [7, 11) is 0. The SMILES string of the molecule is CCC(=O)CCCN(C(=O)CC)c1ccc(Cl)c(Cl)c1. The third-order valence-electron chi connectivity index (χ3n) is 3.05. The smallest absolute Gasteiger partial charge is 0.226 e. The number of hydrogen-bond donors (Lipinski definition) is 0. The van der Waals surface area contributed by atoms with E-state index in [2.05, 4.69) is 0 Å². The fourth-order valence-corrected chi connectivity index (χ4v) is 2.15. The van der Waals surface area contributed by atoms with Crippen molar-refractivity contribution in [3.05, 3.63) is 28.2 Å². The Hall–Kier alpha value is -1.06. The summed E-state index contributed by atoms with van der Waals surface area (Å²) in [5.74, 6) is 0.218. The van der Waals surface area contributed by atoms with Gasteiger partial charge in [0.25, 0.3) is 0 Å². The topological polar surface area (TPSA) is 37.4 Å². The number of hydrogen-bond acceptors (Lipinski definition) is 2. The van der Waals surface area contributed by atoms with Crippen molar-refractivity contribution in [3.8, 4) is 0 Å². The molecule has 0 N–H and O–H groups in total. The molecule has 0 saturated carbocycles. The first-order valence-corrected chi connectivity index (χ1v) is 7.52. The molecule has 0 aromatic heterocycles. The van der Waals surface area contributed by atoms with Crippen molar-refractivity contribution in [1.82, 2.24) is 0 Å². The Morgan fingerprint density at radius 1 is 1.10 bits per heavy atom. The highest BCUT2D eigenvalue weighted by Gasteiger charge is 2.15. The number of ketones is 1. The molecular weight excluding hydrogens is 297 g/mol. The van der Waals surface area contributed by atoms with Crippen molar-refractivity contribution in [3.63, 3.8) is 0 Å². The Morgan fingerprint density at radius 3 is 2.35 bits per heavy atom. The molecule has 5 heteroatoms. The highest BCUT2D eigenvalue weighted by molar-refractivity contribution is 6.42. The number of benzene rings is 1. The lowest BCUT2D eigenvalue weighted by Gasteiger charge is -2.22. The molecular formula is C15H19Cl2NO2. The van der Waals surface area contributed by atoms with E-state index < -0.39 is 0 Å². The third kappa shape index (κ3) is 4.80. The minimum atomic E-state index is 0.00679. The molecule has 0 unspecified atom stereocenters. The minimum Gasteiger partial charge on any atom is -0.312 e. The van der Waals surface area contributed by atoms with E-state index in [9.17, 15) is 9.59 Å². The second-order valence-electron chi connectivity index (χ2n) is 4.49. The van der Waals surface area contributed by atoms with Crippen LogP contribution in [0.25, 0.3) is 0 Å². The first kappa shape index (κ1) is 17.0. The lowest BCUT2D eigenvalue weighted by atomic mass is 10.1. The van der Waals surface area contributed by atoms with Crippen LogP contribution >= 0.6 is 23.2 Å². The molecule has 1 aromatic rings. The molecule has 1 amide bonds. The average molecular weight is 316 g/mol. The molecule has 0 atom stereocenters. The summed E-state index contributed by atoms with van der Waals surface area (Å²) in [5, 5.41) is 0.878. The maximum atomic E-state index is 12.0. The van der Waals surface area contributed by atoms with Gasteiger partial charge in [-0.3, -0.25) is 9.59 Å². The molecule has 3 nitrogen and oxygen atoms in total. The summed E-state index contributed by atoms with van der Waals surface area (Å²) in [6, 6.07) is 5.12. The van der Waals surface area contributed by atoms with Crippen LogP contribution in [-0.2, 0) is 9.59 Å². The van der Waals surface area contributed by atoms with Crippen molar-refractivity contribution in [2.24, 2.45) is 0 Å². The monoisotopic (exact) mass is 315 g/mol. The molecule has 20 heavy (non-hydrogen) atoms. The number of carbonyl (C=O) groups is 2.